The molecule has 0 bridgehead atoms. The van der Waals surface area contributed by atoms with E-state index in [4.69, 9.17) is 9.47 Å². The van der Waals surface area contributed by atoms with Crippen LogP contribution in [-0.2, 0) is 11.3 Å². The van der Waals surface area contributed by atoms with Crippen LogP contribution in [0.2, 0.25) is 0 Å². The summed E-state index contributed by atoms with van der Waals surface area (Å²) in [5, 5.41) is 3.68. The molecular weight excluding hydrogens is 282 g/mol. The van der Waals surface area contributed by atoms with Gasteiger partial charge in [0.1, 0.15) is 5.75 Å². The SMILES string of the molecule is COCc1cc(C(C)NCC2CCSCC2)ccc1OC. The van der Waals surface area contributed by atoms with Gasteiger partial charge in [0, 0.05) is 18.7 Å². The first-order chi connectivity index (χ1) is 10.2. The number of thioether (sulfide) groups is 1. The highest BCUT2D eigenvalue weighted by molar-refractivity contribution is 7.99. The summed E-state index contributed by atoms with van der Waals surface area (Å²) in [6.07, 6.45) is 2.70. The van der Waals surface area contributed by atoms with Gasteiger partial charge in [0.05, 0.1) is 13.7 Å². The topological polar surface area (TPSA) is 30.5 Å². The highest BCUT2D eigenvalue weighted by Gasteiger charge is 2.15. The lowest BCUT2D eigenvalue weighted by molar-refractivity contribution is 0.181. The van der Waals surface area contributed by atoms with Crippen molar-refractivity contribution in [2.24, 2.45) is 5.92 Å². The Labute approximate surface area is 132 Å². The fraction of sp³-hybridized carbons (Fsp3) is 0.647. The van der Waals surface area contributed by atoms with Crippen LogP contribution in [0.3, 0.4) is 0 Å². The normalized spacial score (nSPS) is 17.7. The van der Waals surface area contributed by atoms with Crippen molar-refractivity contribution in [2.45, 2.75) is 32.4 Å². The summed E-state index contributed by atoms with van der Waals surface area (Å²) in [6, 6.07) is 6.74. The zero-order valence-electron chi connectivity index (χ0n) is 13.4. The molecule has 2 rings (SSSR count). The molecule has 1 aromatic carbocycles. The van der Waals surface area contributed by atoms with Crippen molar-refractivity contribution in [3.8, 4) is 5.75 Å². The van der Waals surface area contributed by atoms with Gasteiger partial charge < -0.3 is 14.8 Å². The number of benzene rings is 1. The van der Waals surface area contributed by atoms with Gasteiger partial charge >= 0.3 is 0 Å². The van der Waals surface area contributed by atoms with Crippen molar-refractivity contribution in [3.63, 3.8) is 0 Å². The van der Waals surface area contributed by atoms with Gasteiger partial charge in [0.15, 0.2) is 0 Å². The number of methoxy groups -OCH3 is 2. The summed E-state index contributed by atoms with van der Waals surface area (Å²) in [4.78, 5) is 0. The lowest BCUT2D eigenvalue weighted by Crippen LogP contribution is -2.28. The molecule has 0 radical (unpaired) electrons. The zero-order valence-corrected chi connectivity index (χ0v) is 14.2. The van der Waals surface area contributed by atoms with E-state index in [-0.39, 0.29) is 0 Å². The van der Waals surface area contributed by atoms with Gasteiger partial charge in [-0.3, -0.25) is 0 Å². The van der Waals surface area contributed by atoms with Crippen molar-refractivity contribution < 1.29 is 9.47 Å². The van der Waals surface area contributed by atoms with Gasteiger partial charge in [0.25, 0.3) is 0 Å². The minimum absolute atomic E-state index is 0.362. The predicted molar refractivity (Wildman–Crippen MR) is 90.2 cm³/mol. The molecule has 0 spiro atoms. The average molecular weight is 309 g/mol. The second-order valence-electron chi connectivity index (χ2n) is 5.69. The lowest BCUT2D eigenvalue weighted by atomic mass is 10.0. The van der Waals surface area contributed by atoms with E-state index in [1.807, 2.05) is 6.07 Å². The maximum Gasteiger partial charge on any atom is 0.124 e. The fourth-order valence-electron chi connectivity index (χ4n) is 2.75. The summed E-state index contributed by atoms with van der Waals surface area (Å²) in [6.45, 7) is 3.94. The van der Waals surface area contributed by atoms with Crippen LogP contribution in [0.4, 0.5) is 0 Å². The van der Waals surface area contributed by atoms with Crippen LogP contribution < -0.4 is 10.1 Å². The third kappa shape index (κ3) is 4.90. The molecule has 1 unspecified atom stereocenters. The van der Waals surface area contributed by atoms with Crippen LogP contribution in [0.15, 0.2) is 18.2 Å². The zero-order chi connectivity index (χ0) is 15.1. The van der Waals surface area contributed by atoms with Crippen LogP contribution in [-0.4, -0.2) is 32.3 Å². The first-order valence-electron chi connectivity index (χ1n) is 7.71. The molecule has 1 fully saturated rings. The van der Waals surface area contributed by atoms with Crippen LogP contribution in [0, 0.1) is 5.92 Å². The van der Waals surface area contributed by atoms with Crippen molar-refractivity contribution in [2.75, 3.05) is 32.3 Å². The molecular formula is C17H27NO2S. The Morgan fingerprint density at radius 1 is 1.29 bits per heavy atom. The van der Waals surface area contributed by atoms with Gasteiger partial charge in [0.2, 0.25) is 0 Å². The van der Waals surface area contributed by atoms with E-state index in [1.165, 1.54) is 29.9 Å². The third-order valence-electron chi connectivity index (χ3n) is 4.16. The van der Waals surface area contributed by atoms with Crippen LogP contribution in [0.1, 0.15) is 36.9 Å². The molecule has 0 aliphatic carbocycles. The summed E-state index contributed by atoms with van der Waals surface area (Å²) in [5.41, 5.74) is 2.41. The van der Waals surface area contributed by atoms with Crippen LogP contribution in [0.25, 0.3) is 0 Å². The van der Waals surface area contributed by atoms with Crippen molar-refractivity contribution in [1.29, 1.82) is 0 Å². The molecule has 118 valence electrons. The highest BCUT2D eigenvalue weighted by atomic mass is 32.2. The van der Waals surface area contributed by atoms with Crippen LogP contribution >= 0.6 is 11.8 Å². The summed E-state index contributed by atoms with van der Waals surface area (Å²) in [7, 11) is 3.42. The molecule has 0 saturated carbocycles. The molecule has 1 atom stereocenters. The van der Waals surface area contributed by atoms with Gasteiger partial charge in [-0.25, -0.2) is 0 Å². The number of nitrogens with one attached hydrogen (secondary N) is 1. The quantitative estimate of drug-likeness (QED) is 0.833. The minimum atomic E-state index is 0.362. The van der Waals surface area contributed by atoms with E-state index >= 15 is 0 Å². The van der Waals surface area contributed by atoms with E-state index < -0.39 is 0 Å². The van der Waals surface area contributed by atoms with Gasteiger partial charge in [-0.2, -0.15) is 11.8 Å². The standard InChI is InChI=1S/C17H27NO2S/c1-13(18-11-14-6-8-21-9-7-14)15-4-5-17(20-3)16(10-15)12-19-2/h4-5,10,13-14,18H,6-9,11-12H2,1-3H3. The molecule has 1 saturated heterocycles. The number of hydrogen-bond donors (Lipinski definition) is 1. The van der Waals surface area contributed by atoms with Crippen molar-refractivity contribution in [1.82, 2.24) is 5.32 Å². The van der Waals surface area contributed by atoms with E-state index in [0.29, 0.717) is 12.6 Å². The van der Waals surface area contributed by atoms with E-state index in [0.717, 1.165) is 23.8 Å². The molecule has 1 aliphatic heterocycles. The Kier molecular flexibility index (Phi) is 6.87. The largest absolute Gasteiger partial charge is 0.496 e. The molecule has 0 amide bonds. The minimum Gasteiger partial charge on any atom is -0.496 e. The van der Waals surface area contributed by atoms with Crippen molar-refractivity contribution in [3.05, 3.63) is 29.3 Å². The number of rotatable bonds is 7. The Morgan fingerprint density at radius 2 is 2.05 bits per heavy atom. The highest BCUT2D eigenvalue weighted by Crippen LogP contribution is 2.25. The second kappa shape index (κ2) is 8.66. The first kappa shape index (κ1) is 16.7. The van der Waals surface area contributed by atoms with E-state index in [9.17, 15) is 0 Å². The molecule has 1 N–H and O–H groups in total. The third-order valence-corrected chi connectivity index (χ3v) is 5.21. The average Bonchev–Trinajstić information content (AvgIpc) is 2.54. The van der Waals surface area contributed by atoms with E-state index in [2.05, 4.69) is 36.1 Å². The molecule has 0 aromatic heterocycles. The Balaban J connectivity index is 1.94. The van der Waals surface area contributed by atoms with Crippen LogP contribution in [0.5, 0.6) is 5.75 Å². The maximum absolute atomic E-state index is 5.39. The summed E-state index contributed by atoms with van der Waals surface area (Å²) in [5.74, 6) is 4.38. The Hall–Kier alpha value is -0.710. The van der Waals surface area contributed by atoms with E-state index in [1.54, 1.807) is 14.2 Å². The lowest BCUT2D eigenvalue weighted by Gasteiger charge is -2.24. The predicted octanol–water partition coefficient (Wildman–Crippen LogP) is 3.64. The first-order valence-corrected chi connectivity index (χ1v) is 8.87. The van der Waals surface area contributed by atoms with Gasteiger partial charge in [-0.15, -0.1) is 0 Å². The Morgan fingerprint density at radius 3 is 2.71 bits per heavy atom. The summed E-state index contributed by atoms with van der Waals surface area (Å²) < 4.78 is 10.6. The molecule has 4 heteroatoms. The van der Waals surface area contributed by atoms with Crippen molar-refractivity contribution >= 4 is 11.8 Å². The van der Waals surface area contributed by atoms with Gasteiger partial charge in [-0.05, 0) is 61.4 Å². The molecule has 1 aromatic rings. The van der Waals surface area contributed by atoms with Gasteiger partial charge in [-0.1, -0.05) is 6.07 Å². The molecule has 3 nitrogen and oxygen atoms in total. The maximum atomic E-state index is 5.39. The summed E-state index contributed by atoms with van der Waals surface area (Å²) >= 11 is 2.09. The second-order valence-corrected chi connectivity index (χ2v) is 6.91. The molecule has 21 heavy (non-hydrogen) atoms. The molecule has 1 aliphatic rings. The monoisotopic (exact) mass is 309 g/mol. The Bertz CT molecular complexity index is 433. The number of ether oxygens (including phenoxy) is 2. The number of hydrogen-bond acceptors (Lipinski definition) is 4. The fourth-order valence-corrected chi connectivity index (χ4v) is 3.95. The molecule has 1 heterocycles. The smallest absolute Gasteiger partial charge is 0.124 e.